The number of benzene rings is 1. The molecule has 0 saturated carbocycles. The average Bonchev–Trinajstić information content (AvgIpc) is 2.85. The van der Waals surface area contributed by atoms with Crippen molar-refractivity contribution in [1.29, 1.82) is 0 Å². The van der Waals surface area contributed by atoms with Crippen LogP contribution < -0.4 is 10.5 Å². The first-order valence-corrected chi connectivity index (χ1v) is 11.6. The van der Waals surface area contributed by atoms with Crippen molar-refractivity contribution in [1.82, 2.24) is 4.90 Å². The molecule has 1 atom stereocenters. The molecule has 1 amide bonds. The minimum absolute atomic E-state index is 0.00976. The van der Waals surface area contributed by atoms with E-state index < -0.39 is 25.4 Å². The Morgan fingerprint density at radius 1 is 1.38 bits per heavy atom. The number of esters is 1. The number of hydrogen-bond donors (Lipinski definition) is 1. The van der Waals surface area contributed by atoms with Crippen molar-refractivity contribution >= 4 is 20.0 Å². The molecular formula is C18H23FN2O4Si. The molecule has 8 heteroatoms. The van der Waals surface area contributed by atoms with Crippen LogP contribution in [0.25, 0.3) is 0 Å². The van der Waals surface area contributed by atoms with Gasteiger partial charge in [-0.3, -0.25) is 4.79 Å². The summed E-state index contributed by atoms with van der Waals surface area (Å²) in [5, 5.41) is 0. The molecule has 0 aliphatic carbocycles. The fraction of sp³-hybridized carbons (Fsp3) is 0.444. The molecule has 6 nitrogen and oxygen atoms in total. The van der Waals surface area contributed by atoms with Gasteiger partial charge in [-0.2, -0.15) is 0 Å². The first-order valence-electron chi connectivity index (χ1n) is 8.08. The molecule has 0 aromatic heterocycles. The number of hydrogen-bond acceptors (Lipinski definition) is 5. The Balaban J connectivity index is 2.34. The van der Waals surface area contributed by atoms with Crippen molar-refractivity contribution in [3.8, 4) is 17.2 Å². The van der Waals surface area contributed by atoms with Crippen LogP contribution in [0.5, 0.6) is 5.75 Å². The normalized spacial score (nSPS) is 15.7. The molecule has 1 aromatic rings. The molecule has 1 aliphatic heterocycles. The molecule has 2 rings (SSSR count). The molecule has 0 radical (unpaired) electrons. The Morgan fingerprint density at radius 2 is 2.04 bits per heavy atom. The lowest BCUT2D eigenvalue weighted by molar-refractivity contribution is -0.145. The van der Waals surface area contributed by atoms with Crippen LogP contribution in [0, 0.1) is 17.3 Å². The van der Waals surface area contributed by atoms with Gasteiger partial charge in [0.15, 0.2) is 17.1 Å². The van der Waals surface area contributed by atoms with E-state index in [1.54, 1.807) is 0 Å². The second-order valence-electron chi connectivity index (χ2n) is 7.27. The lowest BCUT2D eigenvalue weighted by atomic mass is 10.0. The van der Waals surface area contributed by atoms with Crippen LogP contribution in [-0.4, -0.2) is 51.2 Å². The summed E-state index contributed by atoms with van der Waals surface area (Å²) in [6.45, 7) is 6.05. The fourth-order valence-corrected chi connectivity index (χ4v) is 3.19. The number of fused-ring (bicyclic) bond motifs is 1. The predicted octanol–water partition coefficient (Wildman–Crippen LogP) is 1.54. The highest BCUT2D eigenvalue weighted by Crippen LogP contribution is 2.30. The number of ether oxygens (including phenoxy) is 2. The quantitative estimate of drug-likeness (QED) is 0.488. The summed E-state index contributed by atoms with van der Waals surface area (Å²) < 4.78 is 23.6. The van der Waals surface area contributed by atoms with Crippen molar-refractivity contribution in [2.24, 2.45) is 5.73 Å². The maximum Gasteiger partial charge on any atom is 0.340 e. The Labute approximate surface area is 153 Å². The zero-order valence-electron chi connectivity index (χ0n) is 15.6. The van der Waals surface area contributed by atoms with E-state index in [9.17, 15) is 14.0 Å². The van der Waals surface area contributed by atoms with Crippen LogP contribution >= 0.6 is 0 Å². The Bertz CT molecular complexity index is 810. The van der Waals surface area contributed by atoms with Crippen LogP contribution in [0.15, 0.2) is 12.1 Å². The topological polar surface area (TPSA) is 81.9 Å². The largest absolute Gasteiger partial charge is 0.494 e. The summed E-state index contributed by atoms with van der Waals surface area (Å²) in [4.78, 5) is 26.3. The number of nitrogens with zero attached hydrogens (tertiary/aromatic N) is 1. The van der Waals surface area contributed by atoms with E-state index in [-0.39, 0.29) is 24.7 Å². The van der Waals surface area contributed by atoms with Gasteiger partial charge in [0.2, 0.25) is 0 Å². The lowest BCUT2D eigenvalue weighted by Crippen LogP contribution is -2.56. The third kappa shape index (κ3) is 4.06. The molecule has 0 spiro atoms. The number of amides is 1. The van der Waals surface area contributed by atoms with Gasteiger partial charge in [-0.25, -0.2) is 9.18 Å². The Hall–Kier alpha value is -2.37. The van der Waals surface area contributed by atoms with E-state index in [1.807, 2.05) is 19.6 Å². The first-order chi connectivity index (χ1) is 12.0. The van der Waals surface area contributed by atoms with Gasteiger partial charge in [0, 0.05) is 12.1 Å². The lowest BCUT2D eigenvalue weighted by Gasteiger charge is -2.27. The van der Waals surface area contributed by atoms with Gasteiger partial charge in [0.25, 0.3) is 5.91 Å². The van der Waals surface area contributed by atoms with Crippen molar-refractivity contribution < 1.29 is 23.5 Å². The maximum atomic E-state index is 13.9. The molecule has 1 aromatic carbocycles. The summed E-state index contributed by atoms with van der Waals surface area (Å²) in [5.41, 5.74) is 8.46. The molecule has 1 heterocycles. The maximum absolute atomic E-state index is 13.9. The number of halogens is 1. The first kappa shape index (κ1) is 19.9. The van der Waals surface area contributed by atoms with Gasteiger partial charge in [-0.15, -0.1) is 5.54 Å². The van der Waals surface area contributed by atoms with Gasteiger partial charge < -0.3 is 20.1 Å². The zero-order chi connectivity index (χ0) is 19.7. The van der Waals surface area contributed by atoms with Gasteiger partial charge in [0.05, 0.1) is 20.8 Å². The minimum Gasteiger partial charge on any atom is -0.494 e. The predicted molar refractivity (Wildman–Crippen MR) is 97.7 cm³/mol. The number of carbonyl (C=O) groups is 2. The van der Waals surface area contributed by atoms with E-state index in [1.165, 1.54) is 31.3 Å². The Kier molecular flexibility index (Phi) is 5.44. The highest BCUT2D eigenvalue weighted by molar-refractivity contribution is 6.83. The van der Waals surface area contributed by atoms with E-state index >= 15 is 0 Å². The summed E-state index contributed by atoms with van der Waals surface area (Å²) in [6, 6.07) is 2.62. The molecule has 0 bridgehead atoms. The highest BCUT2D eigenvalue weighted by atomic mass is 28.3. The third-order valence-corrected chi connectivity index (χ3v) is 4.78. The molecule has 2 N–H and O–H groups in total. The summed E-state index contributed by atoms with van der Waals surface area (Å²) in [6.07, 6.45) is 0. The highest BCUT2D eigenvalue weighted by Gasteiger charge is 2.40. The molecule has 0 saturated heterocycles. The van der Waals surface area contributed by atoms with Crippen LogP contribution in [0.2, 0.25) is 19.6 Å². The van der Waals surface area contributed by atoms with Crippen molar-refractivity contribution in [2.75, 3.05) is 20.8 Å². The monoisotopic (exact) mass is 378 g/mol. The number of methoxy groups -OCH3 is 2. The van der Waals surface area contributed by atoms with E-state index in [0.717, 1.165) is 0 Å². The molecular weight excluding hydrogens is 355 g/mol. The van der Waals surface area contributed by atoms with E-state index in [2.05, 4.69) is 11.5 Å². The molecule has 26 heavy (non-hydrogen) atoms. The summed E-state index contributed by atoms with van der Waals surface area (Å²) in [7, 11) is 0.752. The molecule has 140 valence electrons. The van der Waals surface area contributed by atoms with Crippen molar-refractivity contribution in [3.05, 3.63) is 29.1 Å². The van der Waals surface area contributed by atoms with E-state index in [0.29, 0.717) is 11.1 Å². The van der Waals surface area contributed by atoms with Crippen molar-refractivity contribution in [2.45, 2.75) is 31.7 Å². The van der Waals surface area contributed by atoms with Crippen LogP contribution in [0.4, 0.5) is 4.39 Å². The standard InChI is InChI=1S/C18H23FN2O4Si/c1-24-15-9-13-12(8-14(15)19)10-21(16(13)22)11-18(20,17(23)25-2)6-7-26(3,4)5/h8-9H,10-11,20H2,1-5H3/t18-/m1/s1. The minimum atomic E-state index is -1.80. The average molecular weight is 378 g/mol. The van der Waals surface area contributed by atoms with Crippen LogP contribution in [0.3, 0.4) is 0 Å². The number of carbonyl (C=O) groups excluding carboxylic acids is 2. The summed E-state index contributed by atoms with van der Waals surface area (Å²) in [5.74, 6) is 1.19. The number of rotatable bonds is 4. The fourth-order valence-electron chi connectivity index (χ4n) is 2.59. The van der Waals surface area contributed by atoms with Crippen LogP contribution in [0.1, 0.15) is 15.9 Å². The molecule has 0 fully saturated rings. The smallest absolute Gasteiger partial charge is 0.340 e. The van der Waals surface area contributed by atoms with Gasteiger partial charge >= 0.3 is 5.97 Å². The van der Waals surface area contributed by atoms with Gasteiger partial charge in [-0.05, 0) is 17.7 Å². The SMILES string of the molecule is COC(=O)[C@@](N)(C#C[Si](C)(C)C)CN1Cc2cc(F)c(OC)cc2C1=O. The zero-order valence-corrected chi connectivity index (χ0v) is 16.6. The van der Waals surface area contributed by atoms with Gasteiger partial charge in [0.1, 0.15) is 8.07 Å². The van der Waals surface area contributed by atoms with Gasteiger partial charge in [-0.1, -0.05) is 25.6 Å². The third-order valence-electron chi connectivity index (χ3n) is 3.91. The summed E-state index contributed by atoms with van der Waals surface area (Å²) >= 11 is 0. The Morgan fingerprint density at radius 3 is 2.58 bits per heavy atom. The molecule has 1 aliphatic rings. The van der Waals surface area contributed by atoms with E-state index in [4.69, 9.17) is 15.2 Å². The van der Waals surface area contributed by atoms with Crippen LogP contribution in [-0.2, 0) is 16.1 Å². The molecule has 0 unspecified atom stereocenters. The number of nitrogens with two attached hydrogens (primary N) is 1. The second-order valence-corrected chi connectivity index (χ2v) is 12.0. The second kappa shape index (κ2) is 7.09. The van der Waals surface area contributed by atoms with Crippen molar-refractivity contribution in [3.63, 3.8) is 0 Å².